The first-order valence-corrected chi connectivity index (χ1v) is 7.34. The minimum absolute atomic E-state index is 0.0259. The molecule has 1 aromatic carbocycles. The van der Waals surface area contributed by atoms with Gasteiger partial charge in [0, 0.05) is 24.7 Å². The standard InChI is InChI=1S/C14H19BrN2O3/c1-19-11-6-9(7-12(20-2)13(11)15)14(18)17-5-3-4-10(17)8-16/h6-7,10H,3-5,8,16H2,1-2H3. The fourth-order valence-electron chi connectivity index (χ4n) is 2.51. The number of nitrogens with two attached hydrogens (primary N) is 1. The molecular formula is C14H19BrN2O3. The third kappa shape index (κ3) is 2.76. The summed E-state index contributed by atoms with van der Waals surface area (Å²) in [5.41, 5.74) is 6.28. The zero-order valence-corrected chi connectivity index (χ0v) is 13.3. The molecule has 1 amide bonds. The van der Waals surface area contributed by atoms with Gasteiger partial charge in [0.25, 0.3) is 5.91 Å². The molecule has 1 aliphatic heterocycles. The Kier molecular flexibility index (Phi) is 4.88. The van der Waals surface area contributed by atoms with E-state index < -0.39 is 0 Å². The Labute approximate surface area is 127 Å². The molecule has 0 aliphatic carbocycles. The number of carbonyl (C=O) groups is 1. The molecule has 1 fully saturated rings. The number of rotatable bonds is 4. The number of hydrogen-bond donors (Lipinski definition) is 1. The van der Waals surface area contributed by atoms with Crippen molar-refractivity contribution < 1.29 is 14.3 Å². The number of halogens is 1. The van der Waals surface area contributed by atoms with Crippen LogP contribution in [0.15, 0.2) is 16.6 Å². The van der Waals surface area contributed by atoms with Crippen LogP contribution in [0, 0.1) is 0 Å². The minimum atomic E-state index is -0.0259. The highest BCUT2D eigenvalue weighted by atomic mass is 79.9. The fourth-order valence-corrected chi connectivity index (χ4v) is 3.06. The lowest BCUT2D eigenvalue weighted by Gasteiger charge is -2.24. The number of hydrogen-bond acceptors (Lipinski definition) is 4. The Morgan fingerprint density at radius 1 is 1.40 bits per heavy atom. The Morgan fingerprint density at radius 3 is 2.50 bits per heavy atom. The van der Waals surface area contributed by atoms with E-state index in [9.17, 15) is 4.79 Å². The van der Waals surface area contributed by atoms with Crippen LogP contribution in [0.4, 0.5) is 0 Å². The van der Waals surface area contributed by atoms with Gasteiger partial charge in [-0.05, 0) is 40.9 Å². The molecule has 0 spiro atoms. The largest absolute Gasteiger partial charge is 0.495 e. The SMILES string of the molecule is COc1cc(C(=O)N2CCCC2CN)cc(OC)c1Br. The molecule has 1 atom stereocenters. The number of nitrogens with zero attached hydrogens (tertiary/aromatic N) is 1. The number of amides is 1. The lowest BCUT2D eigenvalue weighted by molar-refractivity contribution is 0.0740. The Bertz CT molecular complexity index is 482. The van der Waals surface area contributed by atoms with Gasteiger partial charge in [0.05, 0.1) is 14.2 Å². The van der Waals surface area contributed by atoms with Crippen LogP contribution in [0.2, 0.25) is 0 Å². The summed E-state index contributed by atoms with van der Waals surface area (Å²) >= 11 is 3.40. The quantitative estimate of drug-likeness (QED) is 0.909. The second-order valence-corrected chi connectivity index (χ2v) is 5.52. The number of methoxy groups -OCH3 is 2. The van der Waals surface area contributed by atoms with Gasteiger partial charge in [-0.15, -0.1) is 0 Å². The Balaban J connectivity index is 2.34. The van der Waals surface area contributed by atoms with Crippen molar-refractivity contribution in [3.05, 3.63) is 22.2 Å². The van der Waals surface area contributed by atoms with Crippen molar-refractivity contribution in [3.8, 4) is 11.5 Å². The number of benzene rings is 1. The van der Waals surface area contributed by atoms with Gasteiger partial charge in [-0.2, -0.15) is 0 Å². The number of carbonyl (C=O) groups excluding carboxylic acids is 1. The van der Waals surface area contributed by atoms with E-state index in [0.29, 0.717) is 28.1 Å². The van der Waals surface area contributed by atoms with Gasteiger partial charge in [0.2, 0.25) is 0 Å². The average molecular weight is 343 g/mol. The van der Waals surface area contributed by atoms with Gasteiger partial charge >= 0.3 is 0 Å². The molecule has 0 radical (unpaired) electrons. The van der Waals surface area contributed by atoms with E-state index in [-0.39, 0.29) is 11.9 Å². The van der Waals surface area contributed by atoms with Gasteiger partial charge in [0.1, 0.15) is 16.0 Å². The second-order valence-electron chi connectivity index (χ2n) is 4.73. The predicted molar refractivity (Wildman–Crippen MR) is 80.4 cm³/mol. The maximum absolute atomic E-state index is 12.6. The van der Waals surface area contributed by atoms with Gasteiger partial charge in [-0.1, -0.05) is 0 Å². The molecule has 20 heavy (non-hydrogen) atoms. The van der Waals surface area contributed by atoms with Crippen LogP contribution < -0.4 is 15.2 Å². The smallest absolute Gasteiger partial charge is 0.254 e. The summed E-state index contributed by atoms with van der Waals surface area (Å²) in [5.74, 6) is 1.13. The molecule has 1 heterocycles. The van der Waals surface area contributed by atoms with Gasteiger partial charge in [-0.25, -0.2) is 0 Å². The molecule has 6 heteroatoms. The van der Waals surface area contributed by atoms with Gasteiger partial charge in [-0.3, -0.25) is 4.79 Å². The van der Waals surface area contributed by atoms with Crippen molar-refractivity contribution in [2.75, 3.05) is 27.3 Å². The van der Waals surface area contributed by atoms with Crippen LogP contribution in [-0.4, -0.2) is 44.2 Å². The van der Waals surface area contributed by atoms with Gasteiger partial charge < -0.3 is 20.1 Å². The van der Waals surface area contributed by atoms with E-state index >= 15 is 0 Å². The zero-order chi connectivity index (χ0) is 14.7. The summed E-state index contributed by atoms with van der Waals surface area (Å²) in [6.45, 7) is 1.25. The molecular weight excluding hydrogens is 324 g/mol. The molecule has 0 bridgehead atoms. The topological polar surface area (TPSA) is 64.8 Å². The molecule has 5 nitrogen and oxygen atoms in total. The molecule has 110 valence electrons. The summed E-state index contributed by atoms with van der Waals surface area (Å²) < 4.78 is 11.2. The van der Waals surface area contributed by atoms with Gasteiger partial charge in [0.15, 0.2) is 0 Å². The first kappa shape index (κ1) is 15.1. The van der Waals surface area contributed by atoms with E-state index in [1.807, 2.05) is 4.90 Å². The maximum Gasteiger partial charge on any atom is 0.254 e. The summed E-state index contributed by atoms with van der Waals surface area (Å²) in [4.78, 5) is 14.4. The maximum atomic E-state index is 12.6. The molecule has 1 aromatic rings. The lowest BCUT2D eigenvalue weighted by atomic mass is 10.1. The predicted octanol–water partition coefficient (Wildman–Crippen LogP) is 2.03. The van der Waals surface area contributed by atoms with Crippen molar-refractivity contribution in [2.45, 2.75) is 18.9 Å². The lowest BCUT2D eigenvalue weighted by Crippen LogP contribution is -2.39. The Hall–Kier alpha value is -1.27. The van der Waals surface area contributed by atoms with Crippen LogP contribution in [0.25, 0.3) is 0 Å². The van der Waals surface area contributed by atoms with Crippen LogP contribution in [0.1, 0.15) is 23.2 Å². The normalized spacial score (nSPS) is 18.2. The van der Waals surface area contributed by atoms with E-state index in [2.05, 4.69) is 15.9 Å². The molecule has 1 saturated heterocycles. The van der Waals surface area contributed by atoms with E-state index in [1.165, 1.54) is 0 Å². The summed E-state index contributed by atoms with van der Waals surface area (Å²) in [6.07, 6.45) is 1.96. The van der Waals surface area contributed by atoms with Crippen LogP contribution in [0.5, 0.6) is 11.5 Å². The molecule has 1 aliphatic rings. The third-order valence-electron chi connectivity index (χ3n) is 3.60. The minimum Gasteiger partial charge on any atom is -0.495 e. The highest BCUT2D eigenvalue weighted by molar-refractivity contribution is 9.10. The average Bonchev–Trinajstić information content (AvgIpc) is 2.95. The highest BCUT2D eigenvalue weighted by Gasteiger charge is 2.29. The van der Waals surface area contributed by atoms with E-state index in [1.54, 1.807) is 26.4 Å². The Morgan fingerprint density at radius 2 is 2.00 bits per heavy atom. The monoisotopic (exact) mass is 342 g/mol. The van der Waals surface area contributed by atoms with Crippen molar-refractivity contribution in [3.63, 3.8) is 0 Å². The molecule has 0 saturated carbocycles. The zero-order valence-electron chi connectivity index (χ0n) is 11.7. The van der Waals surface area contributed by atoms with E-state index in [4.69, 9.17) is 15.2 Å². The van der Waals surface area contributed by atoms with E-state index in [0.717, 1.165) is 19.4 Å². The first-order valence-electron chi connectivity index (χ1n) is 6.55. The third-order valence-corrected chi connectivity index (χ3v) is 4.38. The van der Waals surface area contributed by atoms with Crippen LogP contribution in [0.3, 0.4) is 0 Å². The first-order chi connectivity index (χ1) is 9.62. The second kappa shape index (κ2) is 6.45. The number of ether oxygens (including phenoxy) is 2. The van der Waals surface area contributed by atoms with Crippen molar-refractivity contribution in [1.82, 2.24) is 4.90 Å². The molecule has 1 unspecified atom stereocenters. The molecule has 2 rings (SSSR count). The van der Waals surface area contributed by atoms with Crippen LogP contribution in [-0.2, 0) is 0 Å². The summed E-state index contributed by atoms with van der Waals surface area (Å²) in [7, 11) is 3.12. The van der Waals surface area contributed by atoms with Crippen molar-refractivity contribution in [1.29, 1.82) is 0 Å². The molecule has 2 N–H and O–H groups in total. The van der Waals surface area contributed by atoms with Crippen molar-refractivity contribution in [2.24, 2.45) is 5.73 Å². The van der Waals surface area contributed by atoms with Crippen molar-refractivity contribution >= 4 is 21.8 Å². The summed E-state index contributed by atoms with van der Waals surface area (Å²) in [6, 6.07) is 3.57. The summed E-state index contributed by atoms with van der Waals surface area (Å²) in [5, 5.41) is 0. The van der Waals surface area contributed by atoms with Crippen LogP contribution >= 0.6 is 15.9 Å². The molecule has 0 aromatic heterocycles. The number of likely N-dealkylation sites (tertiary alicyclic amines) is 1. The highest BCUT2D eigenvalue weighted by Crippen LogP contribution is 2.36. The fraction of sp³-hybridized carbons (Fsp3) is 0.500.